The molecular formula is C22H25N5O3. The zero-order valence-electron chi connectivity index (χ0n) is 16.8. The number of anilines is 1. The number of hydrogen-bond donors (Lipinski definition) is 1. The van der Waals surface area contributed by atoms with Gasteiger partial charge in [0, 0.05) is 12.6 Å². The third-order valence-corrected chi connectivity index (χ3v) is 5.41. The molecule has 1 N–H and O–H groups in total. The van der Waals surface area contributed by atoms with Crippen LogP contribution in [0.1, 0.15) is 38.5 Å². The van der Waals surface area contributed by atoms with Gasteiger partial charge >= 0.3 is 0 Å². The smallest absolute Gasteiger partial charge is 0.277 e. The van der Waals surface area contributed by atoms with E-state index in [0.29, 0.717) is 35.0 Å². The van der Waals surface area contributed by atoms with E-state index in [4.69, 9.17) is 4.74 Å². The maximum Gasteiger partial charge on any atom is 0.277 e. The maximum absolute atomic E-state index is 12.5. The van der Waals surface area contributed by atoms with E-state index in [1.54, 1.807) is 36.5 Å². The number of nitrogens with one attached hydrogen (secondary N) is 1. The molecule has 0 aliphatic heterocycles. The highest BCUT2D eigenvalue weighted by Crippen LogP contribution is 2.27. The van der Waals surface area contributed by atoms with Gasteiger partial charge in [-0.05, 0) is 43.0 Å². The van der Waals surface area contributed by atoms with Crippen LogP contribution >= 0.6 is 0 Å². The van der Waals surface area contributed by atoms with Gasteiger partial charge in [-0.3, -0.25) is 9.59 Å². The summed E-state index contributed by atoms with van der Waals surface area (Å²) in [7, 11) is 0. The van der Waals surface area contributed by atoms with Crippen molar-refractivity contribution in [1.29, 1.82) is 0 Å². The molecule has 4 rings (SSSR count). The summed E-state index contributed by atoms with van der Waals surface area (Å²) in [6.07, 6.45) is 7.86. The van der Waals surface area contributed by atoms with Gasteiger partial charge in [0.2, 0.25) is 5.91 Å². The van der Waals surface area contributed by atoms with Crippen LogP contribution in [0.25, 0.3) is 10.9 Å². The van der Waals surface area contributed by atoms with Crippen LogP contribution in [0.15, 0.2) is 47.4 Å². The maximum atomic E-state index is 12.5. The molecule has 0 radical (unpaired) electrons. The van der Waals surface area contributed by atoms with Crippen LogP contribution in [0.2, 0.25) is 0 Å². The predicted molar refractivity (Wildman–Crippen MR) is 113 cm³/mol. The summed E-state index contributed by atoms with van der Waals surface area (Å²) in [4.78, 5) is 29.2. The van der Waals surface area contributed by atoms with Crippen molar-refractivity contribution in [2.24, 2.45) is 5.92 Å². The molecule has 1 fully saturated rings. The van der Waals surface area contributed by atoms with Gasteiger partial charge < -0.3 is 10.1 Å². The number of fused-ring (bicyclic) bond motifs is 1. The zero-order chi connectivity index (χ0) is 20.8. The summed E-state index contributed by atoms with van der Waals surface area (Å²) < 4.78 is 7.16. The fourth-order valence-corrected chi connectivity index (χ4v) is 3.73. The van der Waals surface area contributed by atoms with Crippen molar-refractivity contribution >= 4 is 22.6 Å². The van der Waals surface area contributed by atoms with Gasteiger partial charge in [-0.15, -0.1) is 5.10 Å². The van der Waals surface area contributed by atoms with Crippen LogP contribution in [0, 0.1) is 5.92 Å². The Bertz CT molecular complexity index is 1080. The van der Waals surface area contributed by atoms with E-state index in [2.05, 4.69) is 20.6 Å². The van der Waals surface area contributed by atoms with Crippen LogP contribution in [-0.4, -0.2) is 32.5 Å². The zero-order valence-corrected chi connectivity index (χ0v) is 16.8. The molecule has 3 aromatic rings. The lowest BCUT2D eigenvalue weighted by Crippen LogP contribution is -2.26. The number of nitrogens with zero attached hydrogens (tertiary/aromatic N) is 4. The quantitative estimate of drug-likeness (QED) is 0.646. The van der Waals surface area contributed by atoms with E-state index in [9.17, 15) is 9.59 Å². The van der Waals surface area contributed by atoms with Crippen molar-refractivity contribution in [1.82, 2.24) is 20.0 Å². The monoisotopic (exact) mass is 407 g/mol. The molecule has 2 heterocycles. The molecule has 0 atom stereocenters. The number of pyridine rings is 1. The van der Waals surface area contributed by atoms with E-state index in [1.165, 1.54) is 36.8 Å². The number of aromatic nitrogens is 4. The normalized spacial score (nSPS) is 14.5. The molecular weight excluding hydrogens is 382 g/mol. The highest BCUT2D eigenvalue weighted by molar-refractivity contribution is 5.91. The first-order chi connectivity index (χ1) is 14.7. The first-order valence-electron chi connectivity index (χ1n) is 10.4. The van der Waals surface area contributed by atoms with E-state index in [-0.39, 0.29) is 24.4 Å². The van der Waals surface area contributed by atoms with Crippen molar-refractivity contribution in [2.75, 3.05) is 11.9 Å². The Morgan fingerprint density at radius 3 is 2.83 bits per heavy atom. The Hall–Kier alpha value is -3.29. The summed E-state index contributed by atoms with van der Waals surface area (Å²) in [6.45, 7) is 0.768. The summed E-state index contributed by atoms with van der Waals surface area (Å²) in [5.41, 5.74) is 0.277. The third-order valence-electron chi connectivity index (χ3n) is 5.41. The molecule has 1 saturated carbocycles. The summed E-state index contributed by atoms with van der Waals surface area (Å²) in [6, 6.07) is 10.6. The second-order valence-corrected chi connectivity index (χ2v) is 7.60. The SMILES string of the molecule is O=C(CCn1nnc2ccccc2c1=O)Nc1ncccc1OCC1CCCCC1. The Balaban J connectivity index is 1.36. The molecule has 0 unspecified atom stereocenters. The number of benzene rings is 1. The number of ether oxygens (including phenoxy) is 1. The first-order valence-corrected chi connectivity index (χ1v) is 10.4. The molecule has 1 aliphatic carbocycles. The van der Waals surface area contributed by atoms with Crippen molar-refractivity contribution in [3.8, 4) is 5.75 Å². The number of aryl methyl sites for hydroxylation is 1. The van der Waals surface area contributed by atoms with Gasteiger partial charge in [0.15, 0.2) is 11.6 Å². The minimum atomic E-state index is -0.266. The highest BCUT2D eigenvalue weighted by atomic mass is 16.5. The van der Waals surface area contributed by atoms with Crippen molar-refractivity contribution < 1.29 is 9.53 Å². The molecule has 8 heteroatoms. The molecule has 1 aliphatic rings. The Labute approximate surface area is 174 Å². The second-order valence-electron chi connectivity index (χ2n) is 7.60. The standard InChI is InChI=1S/C22H25N5O3/c28-20(12-14-27-22(29)17-9-4-5-10-18(17)25-26-27)24-21-19(11-6-13-23-21)30-15-16-7-2-1-3-8-16/h4-6,9-11,13,16H,1-3,7-8,12,14-15H2,(H,23,24,28). The summed E-state index contributed by atoms with van der Waals surface area (Å²) in [5, 5.41) is 11.2. The van der Waals surface area contributed by atoms with Gasteiger partial charge in [-0.2, -0.15) is 0 Å². The lowest BCUT2D eigenvalue weighted by molar-refractivity contribution is -0.116. The van der Waals surface area contributed by atoms with Gasteiger partial charge in [-0.25, -0.2) is 9.67 Å². The topological polar surface area (TPSA) is 99.0 Å². The molecule has 2 aromatic heterocycles. The Morgan fingerprint density at radius 1 is 1.13 bits per heavy atom. The lowest BCUT2D eigenvalue weighted by Gasteiger charge is -2.22. The number of carbonyl (C=O) groups excluding carboxylic acids is 1. The van der Waals surface area contributed by atoms with Gasteiger partial charge in [-0.1, -0.05) is 36.6 Å². The van der Waals surface area contributed by atoms with Crippen molar-refractivity contribution in [3.63, 3.8) is 0 Å². The molecule has 0 bridgehead atoms. The third kappa shape index (κ3) is 4.82. The lowest BCUT2D eigenvalue weighted by atomic mass is 9.90. The summed E-state index contributed by atoms with van der Waals surface area (Å²) >= 11 is 0. The Morgan fingerprint density at radius 2 is 1.97 bits per heavy atom. The van der Waals surface area contributed by atoms with Crippen LogP contribution in [0.5, 0.6) is 5.75 Å². The molecule has 8 nitrogen and oxygen atoms in total. The minimum Gasteiger partial charge on any atom is -0.489 e. The average molecular weight is 407 g/mol. The second kappa shape index (κ2) is 9.47. The fourth-order valence-electron chi connectivity index (χ4n) is 3.73. The number of hydrogen-bond acceptors (Lipinski definition) is 6. The van der Waals surface area contributed by atoms with E-state index in [1.807, 2.05) is 6.07 Å². The van der Waals surface area contributed by atoms with Gasteiger partial charge in [0.25, 0.3) is 5.56 Å². The largest absolute Gasteiger partial charge is 0.489 e. The molecule has 30 heavy (non-hydrogen) atoms. The van der Waals surface area contributed by atoms with Crippen molar-refractivity contribution in [2.45, 2.75) is 45.1 Å². The molecule has 1 amide bonds. The number of carbonyl (C=O) groups is 1. The molecule has 0 spiro atoms. The fraction of sp³-hybridized carbons (Fsp3) is 0.409. The van der Waals surface area contributed by atoms with E-state index >= 15 is 0 Å². The van der Waals surface area contributed by atoms with Crippen LogP contribution in [0.3, 0.4) is 0 Å². The number of amides is 1. The van der Waals surface area contributed by atoms with Gasteiger partial charge in [0.1, 0.15) is 5.52 Å². The van der Waals surface area contributed by atoms with Crippen LogP contribution < -0.4 is 15.6 Å². The van der Waals surface area contributed by atoms with Crippen LogP contribution in [-0.2, 0) is 11.3 Å². The van der Waals surface area contributed by atoms with Gasteiger partial charge in [0.05, 0.1) is 18.5 Å². The van der Waals surface area contributed by atoms with E-state index in [0.717, 1.165) is 0 Å². The minimum absolute atomic E-state index is 0.0750. The molecule has 156 valence electrons. The number of rotatable bonds is 7. The molecule has 0 saturated heterocycles. The first kappa shape index (κ1) is 20.0. The van der Waals surface area contributed by atoms with E-state index < -0.39 is 0 Å². The Kier molecular flexibility index (Phi) is 6.32. The highest BCUT2D eigenvalue weighted by Gasteiger charge is 2.16. The predicted octanol–water partition coefficient (Wildman–Crippen LogP) is 3.17. The average Bonchev–Trinajstić information content (AvgIpc) is 2.79. The van der Waals surface area contributed by atoms with Crippen LogP contribution in [0.4, 0.5) is 5.82 Å². The summed E-state index contributed by atoms with van der Waals surface area (Å²) in [5.74, 6) is 1.26. The van der Waals surface area contributed by atoms with Crippen molar-refractivity contribution in [3.05, 3.63) is 52.9 Å². The molecule has 1 aromatic carbocycles.